The van der Waals surface area contributed by atoms with Crippen molar-refractivity contribution < 1.29 is 14.7 Å². The number of nitrogens with one attached hydrogen (secondary N) is 2. The summed E-state index contributed by atoms with van der Waals surface area (Å²) in [6, 6.07) is 7.41. The highest BCUT2D eigenvalue weighted by Gasteiger charge is 2.26. The monoisotopic (exact) mass is 250 g/mol. The van der Waals surface area contributed by atoms with Gasteiger partial charge >= 0.3 is 5.97 Å². The largest absolute Gasteiger partial charge is 0.480 e. The molecule has 18 heavy (non-hydrogen) atoms. The molecule has 0 heterocycles. The van der Waals surface area contributed by atoms with E-state index in [1.165, 1.54) is 13.8 Å². The Bertz CT molecular complexity index is 455. The van der Waals surface area contributed by atoms with Crippen molar-refractivity contribution >= 4 is 17.6 Å². The molecule has 5 nitrogen and oxygen atoms in total. The summed E-state index contributed by atoms with van der Waals surface area (Å²) in [7, 11) is 0. The summed E-state index contributed by atoms with van der Waals surface area (Å²) in [6.07, 6.45) is 0. The van der Waals surface area contributed by atoms with Crippen LogP contribution in [-0.4, -0.2) is 29.1 Å². The average Bonchev–Trinajstić information content (AvgIpc) is 2.29. The first kappa shape index (κ1) is 14.2. The van der Waals surface area contributed by atoms with Crippen molar-refractivity contribution in [3.8, 4) is 0 Å². The van der Waals surface area contributed by atoms with E-state index in [0.717, 1.165) is 11.3 Å². The van der Waals surface area contributed by atoms with Crippen LogP contribution in [0.4, 0.5) is 5.69 Å². The minimum atomic E-state index is -1.12. The zero-order chi connectivity index (χ0) is 13.8. The standard InChI is InChI=1S/C13H18N2O3/c1-9-6-4-5-7-10(9)15-11(16)8-14-13(2,3)12(17)18/h4-7,14H,8H2,1-3H3,(H,15,16)(H,17,18). The summed E-state index contributed by atoms with van der Waals surface area (Å²) >= 11 is 0. The molecule has 0 saturated heterocycles. The summed E-state index contributed by atoms with van der Waals surface area (Å²) in [5.41, 5.74) is 0.573. The van der Waals surface area contributed by atoms with Crippen LogP contribution in [-0.2, 0) is 9.59 Å². The Morgan fingerprint density at radius 3 is 2.44 bits per heavy atom. The number of rotatable bonds is 5. The van der Waals surface area contributed by atoms with Gasteiger partial charge in [0.1, 0.15) is 5.54 Å². The number of hydrogen-bond acceptors (Lipinski definition) is 3. The van der Waals surface area contributed by atoms with Crippen LogP contribution in [0.3, 0.4) is 0 Å². The van der Waals surface area contributed by atoms with Crippen molar-refractivity contribution in [1.82, 2.24) is 5.32 Å². The maximum Gasteiger partial charge on any atom is 0.323 e. The van der Waals surface area contributed by atoms with Gasteiger partial charge in [0.25, 0.3) is 0 Å². The molecule has 0 aliphatic heterocycles. The average molecular weight is 250 g/mol. The van der Waals surface area contributed by atoms with E-state index in [9.17, 15) is 9.59 Å². The number of para-hydroxylation sites is 1. The maximum absolute atomic E-state index is 11.7. The third-order valence-electron chi connectivity index (χ3n) is 2.64. The Morgan fingerprint density at radius 2 is 1.89 bits per heavy atom. The third-order valence-corrected chi connectivity index (χ3v) is 2.64. The van der Waals surface area contributed by atoms with Crippen LogP contribution in [0.2, 0.25) is 0 Å². The van der Waals surface area contributed by atoms with Crippen LogP contribution in [0.1, 0.15) is 19.4 Å². The van der Waals surface area contributed by atoms with Gasteiger partial charge in [0, 0.05) is 5.69 Å². The van der Waals surface area contributed by atoms with E-state index < -0.39 is 11.5 Å². The van der Waals surface area contributed by atoms with Crippen molar-refractivity contribution in [2.24, 2.45) is 0 Å². The zero-order valence-corrected chi connectivity index (χ0v) is 10.8. The quantitative estimate of drug-likeness (QED) is 0.738. The van der Waals surface area contributed by atoms with Crippen molar-refractivity contribution in [2.45, 2.75) is 26.3 Å². The Morgan fingerprint density at radius 1 is 1.28 bits per heavy atom. The van der Waals surface area contributed by atoms with Crippen molar-refractivity contribution in [1.29, 1.82) is 0 Å². The predicted molar refractivity (Wildman–Crippen MR) is 69.5 cm³/mol. The fourth-order valence-corrected chi connectivity index (χ4v) is 1.28. The minimum absolute atomic E-state index is 0.0480. The third kappa shape index (κ3) is 3.85. The number of anilines is 1. The van der Waals surface area contributed by atoms with Crippen LogP contribution in [0.5, 0.6) is 0 Å². The topological polar surface area (TPSA) is 78.4 Å². The smallest absolute Gasteiger partial charge is 0.323 e. The normalized spacial score (nSPS) is 11.1. The van der Waals surface area contributed by atoms with Crippen molar-refractivity contribution in [2.75, 3.05) is 11.9 Å². The fraction of sp³-hybridized carbons (Fsp3) is 0.385. The first-order valence-corrected chi connectivity index (χ1v) is 5.67. The molecule has 0 aliphatic carbocycles. The molecule has 3 N–H and O–H groups in total. The predicted octanol–water partition coefficient (Wildman–Crippen LogP) is 1.39. The number of aliphatic carboxylic acids is 1. The molecule has 0 aromatic heterocycles. The molecule has 0 spiro atoms. The van der Waals surface area contributed by atoms with Crippen molar-refractivity contribution in [3.05, 3.63) is 29.8 Å². The van der Waals surface area contributed by atoms with E-state index in [4.69, 9.17) is 5.11 Å². The number of carboxylic acid groups (broad SMARTS) is 1. The lowest BCUT2D eigenvalue weighted by atomic mass is 10.1. The molecule has 0 bridgehead atoms. The lowest BCUT2D eigenvalue weighted by molar-refractivity contribution is -0.143. The summed E-state index contributed by atoms with van der Waals surface area (Å²) in [5.74, 6) is -1.26. The van der Waals surface area contributed by atoms with Gasteiger partial charge in [-0.1, -0.05) is 18.2 Å². The highest BCUT2D eigenvalue weighted by Crippen LogP contribution is 2.12. The Hall–Kier alpha value is -1.88. The van der Waals surface area contributed by atoms with Gasteiger partial charge in [0.15, 0.2) is 0 Å². The van der Waals surface area contributed by atoms with Crippen LogP contribution in [0.25, 0.3) is 0 Å². The molecule has 98 valence electrons. The van der Waals surface area contributed by atoms with Crippen LogP contribution >= 0.6 is 0 Å². The molecular formula is C13H18N2O3. The second-order valence-electron chi connectivity index (χ2n) is 4.65. The summed E-state index contributed by atoms with van der Waals surface area (Å²) in [4.78, 5) is 22.5. The van der Waals surface area contributed by atoms with E-state index in [-0.39, 0.29) is 12.5 Å². The molecule has 0 radical (unpaired) electrons. The molecule has 5 heteroatoms. The second-order valence-corrected chi connectivity index (χ2v) is 4.65. The SMILES string of the molecule is Cc1ccccc1NC(=O)CNC(C)(C)C(=O)O. The van der Waals surface area contributed by atoms with Gasteiger partial charge in [-0.2, -0.15) is 0 Å². The fourth-order valence-electron chi connectivity index (χ4n) is 1.28. The number of benzene rings is 1. The van der Waals surface area contributed by atoms with Gasteiger partial charge in [-0.3, -0.25) is 14.9 Å². The first-order valence-electron chi connectivity index (χ1n) is 5.67. The number of carbonyl (C=O) groups excluding carboxylic acids is 1. The summed E-state index contributed by atoms with van der Waals surface area (Å²) in [6.45, 7) is 4.87. The van der Waals surface area contributed by atoms with E-state index in [1.54, 1.807) is 6.07 Å². The van der Waals surface area contributed by atoms with Gasteiger partial charge in [-0.25, -0.2) is 0 Å². The number of amides is 1. The minimum Gasteiger partial charge on any atom is -0.480 e. The van der Waals surface area contributed by atoms with Gasteiger partial charge in [0.2, 0.25) is 5.91 Å². The van der Waals surface area contributed by atoms with E-state index in [0.29, 0.717) is 0 Å². The molecule has 0 atom stereocenters. The van der Waals surface area contributed by atoms with Gasteiger partial charge in [0.05, 0.1) is 6.54 Å². The number of aryl methyl sites for hydroxylation is 1. The van der Waals surface area contributed by atoms with Crippen LogP contribution in [0, 0.1) is 6.92 Å². The lowest BCUT2D eigenvalue weighted by Crippen LogP contribution is -2.49. The zero-order valence-electron chi connectivity index (χ0n) is 10.8. The number of carboxylic acids is 1. The van der Waals surface area contributed by atoms with E-state index >= 15 is 0 Å². The Balaban J connectivity index is 2.54. The van der Waals surface area contributed by atoms with Gasteiger partial charge < -0.3 is 10.4 Å². The molecule has 0 saturated carbocycles. The molecule has 1 aromatic carbocycles. The summed E-state index contributed by atoms with van der Waals surface area (Å²) in [5, 5.41) is 14.3. The number of hydrogen-bond donors (Lipinski definition) is 3. The molecule has 0 unspecified atom stereocenters. The Kier molecular flexibility index (Phi) is 4.44. The van der Waals surface area contributed by atoms with Crippen LogP contribution in [0.15, 0.2) is 24.3 Å². The first-order chi connectivity index (χ1) is 8.33. The Labute approximate surface area is 106 Å². The van der Waals surface area contributed by atoms with E-state index in [2.05, 4.69) is 10.6 Å². The van der Waals surface area contributed by atoms with Crippen molar-refractivity contribution in [3.63, 3.8) is 0 Å². The molecule has 1 aromatic rings. The molecule has 0 aliphatic rings. The second kappa shape index (κ2) is 5.64. The highest BCUT2D eigenvalue weighted by atomic mass is 16.4. The molecular weight excluding hydrogens is 232 g/mol. The van der Waals surface area contributed by atoms with Gasteiger partial charge in [-0.05, 0) is 32.4 Å². The molecule has 0 fully saturated rings. The highest BCUT2D eigenvalue weighted by molar-refractivity contribution is 5.93. The number of carbonyl (C=O) groups is 2. The van der Waals surface area contributed by atoms with Gasteiger partial charge in [-0.15, -0.1) is 0 Å². The van der Waals surface area contributed by atoms with E-state index in [1.807, 2.05) is 25.1 Å². The van der Waals surface area contributed by atoms with Crippen LogP contribution < -0.4 is 10.6 Å². The molecule has 1 amide bonds. The summed E-state index contributed by atoms with van der Waals surface area (Å²) < 4.78 is 0. The lowest BCUT2D eigenvalue weighted by Gasteiger charge is -2.20. The maximum atomic E-state index is 11.7. The molecule has 1 rings (SSSR count).